The smallest absolute Gasteiger partial charge is 0.295 e. The molecule has 4 aromatic rings. The van der Waals surface area contributed by atoms with E-state index in [-0.39, 0.29) is 163 Å². The van der Waals surface area contributed by atoms with Gasteiger partial charge in [-0.05, 0) is 35.4 Å². The summed E-state index contributed by atoms with van der Waals surface area (Å²) in [6, 6.07) is 7.38. The monoisotopic (exact) mass is 940 g/mol. The average Bonchev–Trinajstić information content (AvgIpc) is 3.25. The van der Waals surface area contributed by atoms with Crippen molar-refractivity contribution in [1.29, 1.82) is 0 Å². The molecule has 0 fully saturated rings. The Morgan fingerprint density at radius 3 is 0.891 bits per heavy atom. The molecule has 2 heterocycles. The van der Waals surface area contributed by atoms with E-state index < -0.39 is 30.0 Å². The lowest BCUT2D eigenvalue weighted by Crippen LogP contribution is -2.34. The van der Waals surface area contributed by atoms with Crippen LogP contribution in [-0.2, 0) is 20.2 Å². The maximum absolute atomic E-state index is 12.7. The molecule has 12 N–H and O–H groups in total. The molecule has 64 heavy (non-hydrogen) atoms. The second-order valence-electron chi connectivity index (χ2n) is 13.3. The molecule has 0 aliphatic carbocycles. The molecule has 4 rings (SSSR count). The molecular weight excluding hydrogens is 889 g/mol. The Kier molecular flexibility index (Phi) is 19.6. The number of benzene rings is 2. The Labute approximate surface area is 368 Å². The Bertz CT molecular complexity index is 2130. The van der Waals surface area contributed by atoms with Crippen molar-refractivity contribution in [2.75, 3.05) is 135 Å². The number of aliphatic hydroxyl groups is 8. The van der Waals surface area contributed by atoms with Crippen LogP contribution in [0.25, 0.3) is 12.2 Å². The number of hydrogen-bond acceptors (Lipinski definition) is 24. The van der Waals surface area contributed by atoms with Crippen LogP contribution in [0.15, 0.2) is 46.2 Å². The standard InChI is InChI=1S/C36H52N12O14S2/c49-15-7-45(8-16-50)33-39-31(40-34(43-33)46(9-17-51)10-18-52)37-27-5-3-25(29(23-27)63(57,58)59)1-2-26-4-6-28(24-30(26)64(60,61)62)38-32-41-35(47(11-19-53)12-20-54)44-36(42-32)48(13-21-55)14-22-56/h1-6,23-24,49-56H,7-22H2,(H,57,58,59)(H,60,61,62)(H,37,39,40,43)(H,38,41,42,44)/b2-1+. The molecule has 28 heteroatoms. The molecular formula is C36H52N12O14S2. The molecule has 0 bridgehead atoms. The minimum absolute atomic E-state index is 0.00494. The summed E-state index contributed by atoms with van der Waals surface area (Å²) in [5.74, 6) is -0.402. The highest BCUT2D eigenvalue weighted by atomic mass is 32.2. The molecule has 0 atom stereocenters. The molecule has 0 spiro atoms. The van der Waals surface area contributed by atoms with Crippen molar-refractivity contribution in [3.63, 3.8) is 0 Å². The second kappa shape index (κ2) is 24.5. The van der Waals surface area contributed by atoms with Crippen molar-refractivity contribution in [2.24, 2.45) is 0 Å². The van der Waals surface area contributed by atoms with Gasteiger partial charge in [-0.3, -0.25) is 9.11 Å². The summed E-state index contributed by atoms with van der Waals surface area (Å²) in [5, 5.41) is 82.4. The average molecular weight is 941 g/mol. The Balaban J connectivity index is 1.74. The maximum Gasteiger partial charge on any atom is 0.295 e. The van der Waals surface area contributed by atoms with Crippen LogP contribution in [0.4, 0.5) is 47.1 Å². The van der Waals surface area contributed by atoms with E-state index in [2.05, 4.69) is 40.5 Å². The van der Waals surface area contributed by atoms with E-state index in [0.717, 1.165) is 12.1 Å². The fraction of sp³-hybridized carbons (Fsp3) is 0.444. The van der Waals surface area contributed by atoms with Gasteiger partial charge in [-0.1, -0.05) is 24.3 Å². The van der Waals surface area contributed by atoms with Gasteiger partial charge in [-0.25, -0.2) is 0 Å². The predicted octanol–water partition coefficient (Wildman–Crippen LogP) is -2.63. The van der Waals surface area contributed by atoms with Gasteiger partial charge in [0.15, 0.2) is 0 Å². The lowest BCUT2D eigenvalue weighted by molar-refractivity contribution is 0.278. The van der Waals surface area contributed by atoms with Gasteiger partial charge in [0, 0.05) is 63.7 Å². The van der Waals surface area contributed by atoms with E-state index >= 15 is 0 Å². The van der Waals surface area contributed by atoms with Gasteiger partial charge < -0.3 is 71.1 Å². The van der Waals surface area contributed by atoms with Crippen LogP contribution in [0, 0.1) is 0 Å². The van der Waals surface area contributed by atoms with Crippen LogP contribution in [0.5, 0.6) is 0 Å². The van der Waals surface area contributed by atoms with Crippen LogP contribution < -0.4 is 30.2 Å². The summed E-state index contributed by atoms with van der Waals surface area (Å²) in [5.41, 5.74) is -0.188. The van der Waals surface area contributed by atoms with Gasteiger partial charge in [0.2, 0.25) is 35.7 Å². The highest BCUT2D eigenvalue weighted by Gasteiger charge is 2.22. The first-order chi connectivity index (χ1) is 30.6. The van der Waals surface area contributed by atoms with Gasteiger partial charge in [0.25, 0.3) is 20.2 Å². The zero-order valence-corrected chi connectivity index (χ0v) is 36.0. The van der Waals surface area contributed by atoms with Crippen LogP contribution in [0.1, 0.15) is 11.1 Å². The largest absolute Gasteiger partial charge is 0.395 e. The van der Waals surface area contributed by atoms with Gasteiger partial charge in [-0.15, -0.1) is 0 Å². The SMILES string of the molecule is O=S(=O)(O)c1cc(Nc2nc(N(CCO)CCO)nc(N(CCO)CCO)n2)ccc1/C=C/c1ccc(Nc2nc(N(CCO)CCO)nc(N(CCO)CCO)n2)cc1S(=O)(=O)O. The molecule has 2 aromatic carbocycles. The predicted molar refractivity (Wildman–Crippen MR) is 233 cm³/mol. The molecule has 0 saturated heterocycles. The summed E-state index contributed by atoms with van der Waals surface area (Å²) in [4.78, 5) is 30.5. The quantitative estimate of drug-likeness (QED) is 0.0205. The van der Waals surface area contributed by atoms with E-state index in [9.17, 15) is 66.8 Å². The molecule has 0 saturated carbocycles. The molecule has 0 aliphatic heterocycles. The first-order valence-electron chi connectivity index (χ1n) is 19.5. The molecule has 352 valence electrons. The molecule has 0 unspecified atom stereocenters. The van der Waals surface area contributed by atoms with Crippen molar-refractivity contribution in [3.05, 3.63) is 47.5 Å². The summed E-state index contributed by atoms with van der Waals surface area (Å²) in [7, 11) is -9.94. The minimum Gasteiger partial charge on any atom is -0.395 e. The minimum atomic E-state index is -4.97. The van der Waals surface area contributed by atoms with Gasteiger partial charge in [-0.2, -0.15) is 46.7 Å². The number of aliphatic hydroxyl groups excluding tert-OH is 8. The lowest BCUT2D eigenvalue weighted by atomic mass is 10.1. The summed E-state index contributed by atoms with van der Waals surface area (Å²) in [6.07, 6.45) is 2.34. The van der Waals surface area contributed by atoms with Gasteiger partial charge in [0.1, 0.15) is 9.79 Å². The Morgan fingerprint density at radius 2 is 0.672 bits per heavy atom. The van der Waals surface area contributed by atoms with E-state index in [1.54, 1.807) is 0 Å². The maximum atomic E-state index is 12.7. The summed E-state index contributed by atoms with van der Waals surface area (Å²) >= 11 is 0. The first-order valence-corrected chi connectivity index (χ1v) is 22.3. The van der Waals surface area contributed by atoms with E-state index in [1.165, 1.54) is 56.0 Å². The number of hydrogen-bond donors (Lipinski definition) is 12. The van der Waals surface area contributed by atoms with Crippen LogP contribution >= 0.6 is 0 Å². The number of nitrogens with one attached hydrogen (secondary N) is 2. The van der Waals surface area contributed by atoms with Crippen molar-refractivity contribution >= 4 is 79.5 Å². The van der Waals surface area contributed by atoms with Crippen molar-refractivity contribution in [1.82, 2.24) is 29.9 Å². The summed E-state index contributed by atoms with van der Waals surface area (Å²) in [6.45, 7) is -2.63. The van der Waals surface area contributed by atoms with Crippen LogP contribution in [-0.4, -0.2) is 202 Å². The molecule has 26 nitrogen and oxygen atoms in total. The van der Waals surface area contributed by atoms with Crippen molar-refractivity contribution in [2.45, 2.75) is 9.79 Å². The third kappa shape index (κ3) is 14.5. The Hall–Kier alpha value is -5.50. The van der Waals surface area contributed by atoms with Crippen LogP contribution in [0.3, 0.4) is 0 Å². The number of aromatic nitrogens is 6. The highest BCUT2D eigenvalue weighted by Crippen LogP contribution is 2.29. The number of rotatable bonds is 28. The molecule has 0 radical (unpaired) electrons. The fourth-order valence-corrected chi connectivity index (χ4v) is 7.40. The zero-order valence-electron chi connectivity index (χ0n) is 34.3. The van der Waals surface area contributed by atoms with E-state index in [0.29, 0.717) is 0 Å². The van der Waals surface area contributed by atoms with Crippen molar-refractivity contribution in [3.8, 4) is 0 Å². The topological polar surface area (TPSA) is 385 Å². The van der Waals surface area contributed by atoms with Gasteiger partial charge >= 0.3 is 0 Å². The number of anilines is 8. The first kappa shape index (κ1) is 51.1. The van der Waals surface area contributed by atoms with Crippen LogP contribution in [0.2, 0.25) is 0 Å². The van der Waals surface area contributed by atoms with E-state index in [1.807, 2.05) is 0 Å². The zero-order chi connectivity index (χ0) is 46.9. The lowest BCUT2D eigenvalue weighted by Gasteiger charge is -2.25. The molecule has 0 amide bonds. The second-order valence-corrected chi connectivity index (χ2v) is 16.1. The van der Waals surface area contributed by atoms with E-state index in [4.69, 9.17) is 0 Å². The normalized spacial score (nSPS) is 11.8. The third-order valence-electron chi connectivity index (χ3n) is 8.85. The van der Waals surface area contributed by atoms with Crippen molar-refractivity contribution < 1.29 is 66.8 Å². The fourth-order valence-electron chi connectivity index (χ4n) is 5.98. The number of nitrogens with zero attached hydrogens (tertiary/aromatic N) is 10. The Morgan fingerprint density at radius 1 is 0.422 bits per heavy atom. The molecule has 0 aliphatic rings. The van der Waals surface area contributed by atoms with Gasteiger partial charge in [0.05, 0.1) is 52.9 Å². The third-order valence-corrected chi connectivity index (χ3v) is 10.7. The summed E-state index contributed by atoms with van der Waals surface area (Å²) < 4.78 is 71.3. The molecule has 2 aromatic heterocycles. The highest BCUT2D eigenvalue weighted by molar-refractivity contribution is 7.86.